The van der Waals surface area contributed by atoms with Crippen LogP contribution in [0.3, 0.4) is 0 Å². The predicted molar refractivity (Wildman–Crippen MR) is 45.2 cm³/mol. The molecule has 0 bridgehead atoms. The smallest absolute Gasteiger partial charge is 0.0591 e. The zero-order chi connectivity index (χ0) is 8.32. The van der Waals surface area contributed by atoms with Gasteiger partial charge < -0.3 is 0 Å². The largest absolute Gasteiger partial charge is 0.261 e. The molecule has 1 aromatic heterocycles. The van der Waals surface area contributed by atoms with Crippen LogP contribution in [0.4, 0.5) is 0 Å². The van der Waals surface area contributed by atoms with Crippen molar-refractivity contribution in [3.63, 3.8) is 0 Å². The Bertz CT molecular complexity index is 211. The van der Waals surface area contributed by atoms with Gasteiger partial charge in [-0.1, -0.05) is 20.8 Å². The van der Waals surface area contributed by atoms with E-state index in [4.69, 9.17) is 0 Å². The van der Waals surface area contributed by atoms with Gasteiger partial charge in [0.05, 0.1) is 5.69 Å². The minimum atomic E-state index is 0.302. The Morgan fingerprint density at radius 1 is 1.27 bits per heavy atom. The van der Waals surface area contributed by atoms with Crippen LogP contribution < -0.4 is 0 Å². The van der Waals surface area contributed by atoms with E-state index >= 15 is 0 Å². The monoisotopic (exact) mass is 150 g/mol. The van der Waals surface area contributed by atoms with Crippen molar-refractivity contribution in [1.29, 1.82) is 0 Å². The zero-order valence-corrected chi connectivity index (χ0v) is 7.33. The van der Waals surface area contributed by atoms with E-state index in [1.54, 1.807) is 12.4 Å². The lowest BCUT2D eigenvalue weighted by Gasteiger charge is -2.16. The first-order valence-corrected chi connectivity index (χ1v) is 3.83. The van der Waals surface area contributed by atoms with Crippen LogP contribution >= 0.6 is 0 Å². The normalized spacial score (nSPS) is 11.5. The summed E-state index contributed by atoms with van der Waals surface area (Å²) in [6.07, 6.45) is 6.25. The maximum absolute atomic E-state index is 4.20. The molecule has 0 N–H and O–H groups in total. The van der Waals surface area contributed by atoms with Gasteiger partial charge in [-0.05, 0) is 11.8 Å². The Labute approximate surface area is 67.7 Å². The molecule has 1 rings (SSSR count). The summed E-state index contributed by atoms with van der Waals surface area (Å²) in [7, 11) is 0. The van der Waals surface area contributed by atoms with Gasteiger partial charge >= 0.3 is 0 Å². The van der Waals surface area contributed by atoms with Gasteiger partial charge in [0.15, 0.2) is 0 Å². The first-order chi connectivity index (χ1) is 5.08. The minimum Gasteiger partial charge on any atom is -0.261 e. The van der Waals surface area contributed by atoms with E-state index in [0.29, 0.717) is 5.41 Å². The number of hydrogen-bond donors (Lipinski definition) is 0. The molecule has 0 saturated heterocycles. The molecular weight excluding hydrogens is 136 g/mol. The molecule has 60 valence electrons. The van der Waals surface area contributed by atoms with Crippen LogP contribution in [0.15, 0.2) is 18.6 Å². The standard InChI is InChI=1S/C9H14N2/c1-9(2,3)6-8-7-10-4-5-11-8/h4-5,7H,6H2,1-3H3. The molecule has 1 aromatic rings. The highest BCUT2D eigenvalue weighted by Gasteiger charge is 2.11. The van der Waals surface area contributed by atoms with Crippen molar-refractivity contribution in [1.82, 2.24) is 9.97 Å². The third kappa shape index (κ3) is 3.12. The van der Waals surface area contributed by atoms with Gasteiger partial charge in [0.25, 0.3) is 0 Å². The van der Waals surface area contributed by atoms with Crippen LogP contribution in [0.2, 0.25) is 0 Å². The lowest BCUT2D eigenvalue weighted by molar-refractivity contribution is 0.405. The molecule has 0 unspecified atom stereocenters. The Balaban J connectivity index is 2.66. The molecule has 0 radical (unpaired) electrons. The minimum absolute atomic E-state index is 0.302. The third-order valence-corrected chi connectivity index (χ3v) is 1.33. The fraction of sp³-hybridized carbons (Fsp3) is 0.556. The van der Waals surface area contributed by atoms with Gasteiger partial charge in [0, 0.05) is 18.6 Å². The SMILES string of the molecule is CC(C)(C)Cc1cnccn1. The lowest BCUT2D eigenvalue weighted by Crippen LogP contribution is -2.10. The summed E-state index contributed by atoms with van der Waals surface area (Å²) < 4.78 is 0. The molecule has 11 heavy (non-hydrogen) atoms. The highest BCUT2D eigenvalue weighted by molar-refractivity contribution is 4.97. The van der Waals surface area contributed by atoms with Crippen LogP contribution in [-0.4, -0.2) is 9.97 Å². The predicted octanol–water partition coefficient (Wildman–Crippen LogP) is 2.07. The van der Waals surface area contributed by atoms with Crippen molar-refractivity contribution in [2.24, 2.45) is 5.41 Å². The van der Waals surface area contributed by atoms with Crippen molar-refractivity contribution < 1.29 is 0 Å². The van der Waals surface area contributed by atoms with Crippen molar-refractivity contribution in [2.75, 3.05) is 0 Å². The average Bonchev–Trinajstić information content (AvgIpc) is 1.85. The van der Waals surface area contributed by atoms with Crippen LogP contribution in [0.25, 0.3) is 0 Å². The molecule has 2 nitrogen and oxygen atoms in total. The second-order valence-corrected chi connectivity index (χ2v) is 3.93. The highest BCUT2D eigenvalue weighted by atomic mass is 14.8. The summed E-state index contributed by atoms with van der Waals surface area (Å²) in [5.74, 6) is 0. The summed E-state index contributed by atoms with van der Waals surface area (Å²) in [5, 5.41) is 0. The van der Waals surface area contributed by atoms with Gasteiger partial charge in [-0.3, -0.25) is 9.97 Å². The summed E-state index contributed by atoms with van der Waals surface area (Å²) >= 11 is 0. The lowest BCUT2D eigenvalue weighted by atomic mass is 9.91. The zero-order valence-electron chi connectivity index (χ0n) is 7.33. The molecule has 0 aromatic carbocycles. The van der Waals surface area contributed by atoms with Gasteiger partial charge in [-0.25, -0.2) is 0 Å². The molecule has 0 atom stereocenters. The van der Waals surface area contributed by atoms with E-state index in [2.05, 4.69) is 30.7 Å². The third-order valence-electron chi connectivity index (χ3n) is 1.33. The fourth-order valence-corrected chi connectivity index (χ4v) is 0.965. The maximum atomic E-state index is 4.20. The summed E-state index contributed by atoms with van der Waals surface area (Å²) in [5.41, 5.74) is 1.37. The molecule has 0 aliphatic rings. The van der Waals surface area contributed by atoms with E-state index in [1.165, 1.54) is 0 Å². The second-order valence-electron chi connectivity index (χ2n) is 3.93. The summed E-state index contributed by atoms with van der Waals surface area (Å²) in [6, 6.07) is 0. The Morgan fingerprint density at radius 3 is 2.45 bits per heavy atom. The molecular formula is C9H14N2. The quantitative estimate of drug-likeness (QED) is 0.612. The topological polar surface area (TPSA) is 25.8 Å². The van der Waals surface area contributed by atoms with Gasteiger partial charge in [0.1, 0.15) is 0 Å². The van der Waals surface area contributed by atoms with E-state index in [0.717, 1.165) is 12.1 Å². The van der Waals surface area contributed by atoms with Crippen LogP contribution in [0, 0.1) is 5.41 Å². The van der Waals surface area contributed by atoms with Crippen LogP contribution in [-0.2, 0) is 6.42 Å². The van der Waals surface area contributed by atoms with E-state index in [-0.39, 0.29) is 0 Å². The van der Waals surface area contributed by atoms with Crippen LogP contribution in [0.1, 0.15) is 26.5 Å². The van der Waals surface area contributed by atoms with Crippen molar-refractivity contribution in [2.45, 2.75) is 27.2 Å². The Morgan fingerprint density at radius 2 is 2.00 bits per heavy atom. The van der Waals surface area contributed by atoms with Gasteiger partial charge in [-0.2, -0.15) is 0 Å². The molecule has 2 heteroatoms. The Hall–Kier alpha value is -0.920. The molecule has 0 aliphatic carbocycles. The first kappa shape index (κ1) is 8.18. The number of aromatic nitrogens is 2. The van der Waals surface area contributed by atoms with E-state index in [9.17, 15) is 0 Å². The fourth-order valence-electron chi connectivity index (χ4n) is 0.965. The molecule has 0 amide bonds. The van der Waals surface area contributed by atoms with Crippen molar-refractivity contribution in [3.8, 4) is 0 Å². The molecule has 0 aliphatic heterocycles. The maximum Gasteiger partial charge on any atom is 0.0591 e. The first-order valence-electron chi connectivity index (χ1n) is 3.83. The number of rotatable bonds is 1. The van der Waals surface area contributed by atoms with Gasteiger partial charge in [0.2, 0.25) is 0 Å². The van der Waals surface area contributed by atoms with Crippen molar-refractivity contribution >= 4 is 0 Å². The molecule has 1 heterocycles. The summed E-state index contributed by atoms with van der Waals surface area (Å²) in [6.45, 7) is 6.59. The molecule has 0 fully saturated rings. The van der Waals surface area contributed by atoms with Gasteiger partial charge in [-0.15, -0.1) is 0 Å². The Kier molecular flexibility index (Phi) is 2.22. The highest BCUT2D eigenvalue weighted by Crippen LogP contribution is 2.17. The van der Waals surface area contributed by atoms with E-state index < -0.39 is 0 Å². The molecule has 0 spiro atoms. The summed E-state index contributed by atoms with van der Waals surface area (Å²) in [4.78, 5) is 8.21. The molecule has 0 saturated carbocycles. The second kappa shape index (κ2) is 2.99. The number of hydrogen-bond acceptors (Lipinski definition) is 2. The average molecular weight is 150 g/mol. The van der Waals surface area contributed by atoms with Crippen LogP contribution in [0.5, 0.6) is 0 Å². The van der Waals surface area contributed by atoms with Crippen molar-refractivity contribution in [3.05, 3.63) is 24.3 Å². The number of nitrogens with zero attached hydrogens (tertiary/aromatic N) is 2. The van der Waals surface area contributed by atoms with E-state index in [1.807, 2.05) is 6.20 Å².